The van der Waals surface area contributed by atoms with Crippen molar-refractivity contribution < 1.29 is 14.6 Å². The molecule has 0 aliphatic heterocycles. The van der Waals surface area contributed by atoms with Gasteiger partial charge in [-0.3, -0.25) is 10.1 Å². The third kappa shape index (κ3) is 4.38. The van der Waals surface area contributed by atoms with Gasteiger partial charge in [0.15, 0.2) is 0 Å². The van der Waals surface area contributed by atoms with Crippen molar-refractivity contribution in [2.75, 3.05) is 0 Å². The van der Waals surface area contributed by atoms with Crippen molar-refractivity contribution in [3.63, 3.8) is 0 Å². The summed E-state index contributed by atoms with van der Waals surface area (Å²) in [6.07, 6.45) is 6.06. The number of fused-ring (bicyclic) bond motifs is 3. The van der Waals surface area contributed by atoms with Crippen LogP contribution in [0.2, 0.25) is 0 Å². The number of unbranched alkanes of at least 4 members (excludes halogenated alkanes) is 2. The van der Waals surface area contributed by atoms with Crippen LogP contribution in [-0.2, 0) is 15.0 Å². The predicted octanol–water partition coefficient (Wildman–Crippen LogP) is 6.53. The number of non-ortho nitro benzene ring substituents is 1. The van der Waals surface area contributed by atoms with Crippen molar-refractivity contribution in [3.8, 4) is 11.1 Å². The quantitative estimate of drug-likeness (QED) is 0.199. The van der Waals surface area contributed by atoms with Crippen molar-refractivity contribution >= 4 is 17.4 Å². The van der Waals surface area contributed by atoms with Gasteiger partial charge < -0.3 is 4.84 Å². The minimum absolute atomic E-state index is 0.136. The summed E-state index contributed by atoms with van der Waals surface area (Å²) < 4.78 is 0. The lowest BCUT2D eigenvalue weighted by atomic mass is 9.70. The molecule has 2 aromatic rings. The van der Waals surface area contributed by atoms with Crippen LogP contribution in [0, 0.1) is 10.1 Å². The first-order valence-electron chi connectivity index (χ1n) is 11.0. The maximum Gasteiger partial charge on any atom is 0.331 e. The number of nitro benzene ring substituents is 1. The van der Waals surface area contributed by atoms with Crippen molar-refractivity contribution in [2.24, 2.45) is 5.16 Å². The SMILES string of the molecule is CCCCC1(CCCC)c2cc(C(C)=NOC(C)=O)ccc2-c2ccc([N+](=O)[O-])cc21. The largest absolute Gasteiger partial charge is 0.331 e. The van der Waals surface area contributed by atoms with E-state index in [0.717, 1.165) is 60.8 Å². The number of nitro groups is 1. The van der Waals surface area contributed by atoms with Crippen molar-refractivity contribution in [2.45, 2.75) is 71.6 Å². The first-order chi connectivity index (χ1) is 14.8. The van der Waals surface area contributed by atoms with E-state index < -0.39 is 5.97 Å². The average molecular weight is 423 g/mol. The Morgan fingerprint density at radius 1 is 1.00 bits per heavy atom. The molecule has 0 N–H and O–H groups in total. The molecule has 0 amide bonds. The van der Waals surface area contributed by atoms with Crippen LogP contribution in [0.15, 0.2) is 41.6 Å². The van der Waals surface area contributed by atoms with Crippen LogP contribution >= 0.6 is 0 Å². The van der Waals surface area contributed by atoms with Crippen LogP contribution in [-0.4, -0.2) is 16.6 Å². The number of benzene rings is 2. The second-order valence-electron chi connectivity index (χ2n) is 8.30. The number of rotatable bonds is 9. The molecule has 2 aromatic carbocycles. The molecule has 1 aliphatic carbocycles. The van der Waals surface area contributed by atoms with Crippen LogP contribution in [0.5, 0.6) is 0 Å². The monoisotopic (exact) mass is 422 g/mol. The molecule has 1 aliphatic rings. The van der Waals surface area contributed by atoms with E-state index in [1.807, 2.05) is 19.1 Å². The molecule has 0 saturated carbocycles. The minimum atomic E-state index is -0.458. The molecule has 0 atom stereocenters. The van der Waals surface area contributed by atoms with Gasteiger partial charge in [-0.1, -0.05) is 56.8 Å². The van der Waals surface area contributed by atoms with E-state index in [-0.39, 0.29) is 16.0 Å². The lowest BCUT2D eigenvalue weighted by Gasteiger charge is -2.32. The van der Waals surface area contributed by atoms with E-state index in [0.29, 0.717) is 5.71 Å². The molecule has 0 bridgehead atoms. The smallest absolute Gasteiger partial charge is 0.318 e. The Balaban J connectivity index is 2.21. The summed E-state index contributed by atoms with van der Waals surface area (Å²) in [5.74, 6) is -0.458. The van der Waals surface area contributed by atoms with E-state index in [9.17, 15) is 14.9 Å². The van der Waals surface area contributed by atoms with E-state index in [1.54, 1.807) is 12.1 Å². The van der Waals surface area contributed by atoms with Crippen molar-refractivity contribution in [1.29, 1.82) is 0 Å². The fourth-order valence-corrected chi connectivity index (χ4v) is 4.63. The third-order valence-corrected chi connectivity index (χ3v) is 6.20. The molecule has 0 fully saturated rings. The molecule has 3 rings (SSSR count). The van der Waals surface area contributed by atoms with Gasteiger partial charge in [0.2, 0.25) is 0 Å². The van der Waals surface area contributed by atoms with Crippen LogP contribution in [0.4, 0.5) is 5.69 Å². The highest BCUT2D eigenvalue weighted by molar-refractivity contribution is 6.00. The second-order valence-corrected chi connectivity index (χ2v) is 8.30. The molecule has 0 aromatic heterocycles. The summed E-state index contributed by atoms with van der Waals surface area (Å²) in [5, 5.41) is 15.5. The molecule has 0 saturated heterocycles. The number of carbonyl (C=O) groups is 1. The highest BCUT2D eigenvalue weighted by atomic mass is 16.7. The van der Waals surface area contributed by atoms with Gasteiger partial charge >= 0.3 is 5.97 Å². The molecule has 0 radical (unpaired) electrons. The number of oxime groups is 1. The van der Waals surface area contributed by atoms with Gasteiger partial charge in [0.05, 0.1) is 10.6 Å². The van der Waals surface area contributed by atoms with Gasteiger partial charge in [-0.05, 0) is 59.7 Å². The van der Waals surface area contributed by atoms with Crippen LogP contribution < -0.4 is 0 Å². The molecular formula is C25H30N2O4. The van der Waals surface area contributed by atoms with Gasteiger partial charge in [-0.2, -0.15) is 0 Å². The summed E-state index contributed by atoms with van der Waals surface area (Å²) in [6, 6.07) is 11.4. The van der Waals surface area contributed by atoms with Crippen LogP contribution in [0.3, 0.4) is 0 Å². The number of hydrogen-bond donors (Lipinski definition) is 0. The van der Waals surface area contributed by atoms with Crippen LogP contribution in [0.1, 0.15) is 82.9 Å². The zero-order chi connectivity index (χ0) is 22.6. The molecular weight excluding hydrogens is 392 g/mol. The minimum Gasteiger partial charge on any atom is -0.318 e. The Morgan fingerprint density at radius 2 is 1.58 bits per heavy atom. The summed E-state index contributed by atoms with van der Waals surface area (Å²) >= 11 is 0. The maximum absolute atomic E-state index is 11.5. The van der Waals surface area contributed by atoms with E-state index in [2.05, 4.69) is 31.1 Å². The van der Waals surface area contributed by atoms with Gasteiger partial charge in [-0.15, -0.1) is 0 Å². The first-order valence-corrected chi connectivity index (χ1v) is 11.0. The summed E-state index contributed by atoms with van der Waals surface area (Å²) in [4.78, 5) is 27.2. The Morgan fingerprint density at radius 3 is 2.13 bits per heavy atom. The molecule has 6 nitrogen and oxygen atoms in total. The first kappa shape index (κ1) is 22.7. The van der Waals surface area contributed by atoms with E-state index in [4.69, 9.17) is 4.84 Å². The van der Waals surface area contributed by atoms with E-state index >= 15 is 0 Å². The Bertz CT molecular complexity index is 1020. The molecule has 6 heteroatoms. The molecule has 164 valence electrons. The zero-order valence-electron chi connectivity index (χ0n) is 18.7. The lowest BCUT2D eigenvalue weighted by molar-refractivity contribution is -0.384. The predicted molar refractivity (Wildman–Crippen MR) is 122 cm³/mol. The number of hydrogen-bond acceptors (Lipinski definition) is 5. The highest BCUT2D eigenvalue weighted by Gasteiger charge is 2.43. The van der Waals surface area contributed by atoms with Gasteiger partial charge in [0.1, 0.15) is 0 Å². The molecule has 0 unspecified atom stereocenters. The Kier molecular flexibility index (Phi) is 6.88. The van der Waals surface area contributed by atoms with Crippen molar-refractivity contribution in [1.82, 2.24) is 0 Å². The molecule has 31 heavy (non-hydrogen) atoms. The highest BCUT2D eigenvalue weighted by Crippen LogP contribution is 2.55. The van der Waals surface area contributed by atoms with Crippen molar-refractivity contribution in [3.05, 3.63) is 63.2 Å². The molecule has 0 heterocycles. The average Bonchev–Trinajstić information content (AvgIpc) is 3.03. The number of nitrogens with zero attached hydrogens (tertiary/aromatic N) is 2. The van der Waals surface area contributed by atoms with Gasteiger partial charge in [0, 0.05) is 24.5 Å². The van der Waals surface area contributed by atoms with Crippen LogP contribution in [0.25, 0.3) is 11.1 Å². The normalized spacial score (nSPS) is 14.1. The Labute approximate surface area is 183 Å². The fourth-order valence-electron chi connectivity index (χ4n) is 4.63. The third-order valence-electron chi connectivity index (χ3n) is 6.20. The summed E-state index contributed by atoms with van der Waals surface area (Å²) in [7, 11) is 0. The standard InChI is InChI=1S/C25H30N2O4/c1-5-7-13-25(14-8-6-2)23-15-19(17(3)26-31-18(4)28)9-11-21(23)22-12-10-20(27(29)30)16-24(22)25/h9-12,15-16H,5-8,13-14H2,1-4H3. The fraction of sp³-hybridized carbons (Fsp3) is 0.440. The summed E-state index contributed by atoms with van der Waals surface area (Å²) in [5.41, 5.74) is 5.84. The lowest BCUT2D eigenvalue weighted by Crippen LogP contribution is -2.26. The topological polar surface area (TPSA) is 81.8 Å². The summed E-state index contributed by atoms with van der Waals surface area (Å²) in [6.45, 7) is 7.48. The van der Waals surface area contributed by atoms with Gasteiger partial charge in [-0.25, -0.2) is 4.79 Å². The molecule has 0 spiro atoms. The van der Waals surface area contributed by atoms with Gasteiger partial charge in [0.25, 0.3) is 5.69 Å². The number of carbonyl (C=O) groups excluding carboxylic acids is 1. The zero-order valence-corrected chi connectivity index (χ0v) is 18.7. The Hall–Kier alpha value is -3.02. The maximum atomic E-state index is 11.5. The van der Waals surface area contributed by atoms with E-state index in [1.165, 1.54) is 12.5 Å². The second kappa shape index (κ2) is 9.41.